The minimum absolute atomic E-state index is 0.0549. The molecule has 0 aliphatic rings. The molecule has 34 heavy (non-hydrogen) atoms. The van der Waals surface area contributed by atoms with Gasteiger partial charge < -0.3 is 20.1 Å². The zero-order valence-electron chi connectivity index (χ0n) is 19.4. The summed E-state index contributed by atoms with van der Waals surface area (Å²) in [4.78, 5) is 23.7. The van der Waals surface area contributed by atoms with Crippen LogP contribution in [-0.4, -0.2) is 25.1 Å². The van der Waals surface area contributed by atoms with Crippen LogP contribution in [0.3, 0.4) is 0 Å². The lowest BCUT2D eigenvalue weighted by Gasteiger charge is -2.08. The zero-order chi connectivity index (χ0) is 23.8. The lowest BCUT2D eigenvalue weighted by Crippen LogP contribution is -2.26. The average molecular weight is 461 g/mol. The van der Waals surface area contributed by atoms with Gasteiger partial charge in [0.2, 0.25) is 5.91 Å². The SMILES string of the molecule is O=C(CCCCCNC(=O)OCc1ccccc1)NCCc1ccc(Oc2ccccc2)cc1. The van der Waals surface area contributed by atoms with Crippen LogP contribution in [0.2, 0.25) is 0 Å². The number of nitrogens with one attached hydrogen (secondary N) is 2. The van der Waals surface area contributed by atoms with E-state index in [4.69, 9.17) is 9.47 Å². The second-order valence-electron chi connectivity index (χ2n) is 7.96. The third-order valence-electron chi connectivity index (χ3n) is 5.20. The van der Waals surface area contributed by atoms with E-state index in [1.807, 2.05) is 84.9 Å². The number of alkyl carbamates (subject to hydrolysis) is 1. The fraction of sp³-hybridized carbons (Fsp3) is 0.286. The Kier molecular flexibility index (Phi) is 10.5. The number of hydrogen-bond donors (Lipinski definition) is 2. The predicted molar refractivity (Wildman–Crippen MR) is 133 cm³/mol. The van der Waals surface area contributed by atoms with Crippen LogP contribution in [0.1, 0.15) is 36.8 Å². The van der Waals surface area contributed by atoms with E-state index >= 15 is 0 Å². The first kappa shape index (κ1) is 24.8. The van der Waals surface area contributed by atoms with Crippen LogP contribution in [-0.2, 0) is 22.6 Å². The summed E-state index contributed by atoms with van der Waals surface area (Å²) >= 11 is 0. The van der Waals surface area contributed by atoms with Crippen LogP contribution in [0.25, 0.3) is 0 Å². The molecule has 6 heteroatoms. The highest BCUT2D eigenvalue weighted by molar-refractivity contribution is 5.75. The molecule has 2 amide bonds. The molecule has 2 N–H and O–H groups in total. The van der Waals surface area contributed by atoms with Gasteiger partial charge in [-0.25, -0.2) is 4.79 Å². The number of amides is 2. The van der Waals surface area contributed by atoms with Crippen molar-refractivity contribution in [1.82, 2.24) is 10.6 Å². The standard InChI is InChI=1S/C28H32N2O4/c31-27(14-8-3-9-20-30-28(32)33-22-24-10-4-1-5-11-24)29-21-19-23-15-17-26(18-16-23)34-25-12-6-2-7-13-25/h1-2,4-7,10-13,15-18H,3,8-9,14,19-22H2,(H,29,31)(H,30,32). The molecule has 0 aromatic heterocycles. The molecule has 3 rings (SSSR count). The number of carbonyl (C=O) groups excluding carboxylic acids is 2. The van der Waals surface area contributed by atoms with Gasteiger partial charge in [-0.05, 0) is 54.7 Å². The molecular formula is C28H32N2O4. The van der Waals surface area contributed by atoms with E-state index in [2.05, 4.69) is 10.6 Å². The molecule has 0 saturated carbocycles. The third-order valence-corrected chi connectivity index (χ3v) is 5.20. The second-order valence-corrected chi connectivity index (χ2v) is 7.96. The van der Waals surface area contributed by atoms with Crippen molar-refractivity contribution in [2.75, 3.05) is 13.1 Å². The summed E-state index contributed by atoms with van der Waals surface area (Å²) in [6.07, 6.45) is 3.31. The molecule has 6 nitrogen and oxygen atoms in total. The summed E-state index contributed by atoms with van der Waals surface area (Å²) in [6.45, 7) is 1.41. The number of para-hydroxylation sites is 1. The number of rotatable bonds is 13. The summed E-state index contributed by atoms with van der Waals surface area (Å²) in [7, 11) is 0. The Balaban J connectivity index is 1.18. The van der Waals surface area contributed by atoms with Gasteiger partial charge >= 0.3 is 6.09 Å². The van der Waals surface area contributed by atoms with Gasteiger partial charge in [-0.2, -0.15) is 0 Å². The van der Waals surface area contributed by atoms with E-state index in [1.165, 1.54) is 0 Å². The van der Waals surface area contributed by atoms with Crippen LogP contribution in [0.4, 0.5) is 4.79 Å². The number of hydrogen-bond acceptors (Lipinski definition) is 4. The molecule has 0 heterocycles. The number of benzene rings is 3. The summed E-state index contributed by atoms with van der Waals surface area (Å²) in [5.41, 5.74) is 2.10. The molecule has 0 fully saturated rings. The summed E-state index contributed by atoms with van der Waals surface area (Å²) < 4.78 is 11.0. The first-order chi connectivity index (χ1) is 16.7. The van der Waals surface area contributed by atoms with Crippen molar-refractivity contribution < 1.29 is 19.1 Å². The molecule has 0 aliphatic heterocycles. The molecule has 3 aromatic carbocycles. The molecule has 0 saturated heterocycles. The van der Waals surface area contributed by atoms with E-state index in [0.29, 0.717) is 19.5 Å². The summed E-state index contributed by atoms with van der Waals surface area (Å²) in [6, 6.07) is 27.1. The average Bonchev–Trinajstić information content (AvgIpc) is 2.87. The Bertz CT molecular complexity index is 992. The monoisotopic (exact) mass is 460 g/mol. The van der Waals surface area contributed by atoms with Gasteiger partial charge in [0.1, 0.15) is 18.1 Å². The Morgan fingerprint density at radius 3 is 2.06 bits per heavy atom. The highest BCUT2D eigenvalue weighted by Crippen LogP contribution is 2.21. The van der Waals surface area contributed by atoms with Gasteiger partial charge in [0, 0.05) is 19.5 Å². The van der Waals surface area contributed by atoms with Gasteiger partial charge in [0.05, 0.1) is 0 Å². The predicted octanol–water partition coefficient (Wildman–Crippen LogP) is 5.62. The van der Waals surface area contributed by atoms with Crippen molar-refractivity contribution in [3.05, 3.63) is 96.1 Å². The minimum Gasteiger partial charge on any atom is -0.457 e. The smallest absolute Gasteiger partial charge is 0.407 e. The van der Waals surface area contributed by atoms with Crippen LogP contribution < -0.4 is 15.4 Å². The summed E-state index contributed by atoms with van der Waals surface area (Å²) in [5, 5.41) is 5.71. The van der Waals surface area contributed by atoms with Crippen molar-refractivity contribution in [2.45, 2.75) is 38.7 Å². The lowest BCUT2D eigenvalue weighted by atomic mass is 10.1. The van der Waals surface area contributed by atoms with E-state index in [9.17, 15) is 9.59 Å². The van der Waals surface area contributed by atoms with Crippen molar-refractivity contribution in [2.24, 2.45) is 0 Å². The minimum atomic E-state index is -0.416. The quantitative estimate of drug-likeness (QED) is 0.324. The van der Waals surface area contributed by atoms with Crippen LogP contribution >= 0.6 is 0 Å². The first-order valence-corrected chi connectivity index (χ1v) is 11.7. The van der Waals surface area contributed by atoms with Crippen LogP contribution in [0, 0.1) is 0 Å². The summed E-state index contributed by atoms with van der Waals surface area (Å²) in [5.74, 6) is 1.65. The highest BCUT2D eigenvalue weighted by atomic mass is 16.5. The third kappa shape index (κ3) is 9.77. The molecule has 0 unspecified atom stereocenters. The van der Waals surface area contributed by atoms with Crippen molar-refractivity contribution >= 4 is 12.0 Å². The van der Waals surface area contributed by atoms with Crippen molar-refractivity contribution in [3.8, 4) is 11.5 Å². The Morgan fingerprint density at radius 2 is 1.32 bits per heavy atom. The second kappa shape index (κ2) is 14.4. The molecule has 0 bridgehead atoms. The van der Waals surface area contributed by atoms with Gasteiger partial charge in [-0.15, -0.1) is 0 Å². The number of carbonyl (C=O) groups is 2. The Hall–Kier alpha value is -3.80. The zero-order valence-corrected chi connectivity index (χ0v) is 19.4. The molecule has 0 spiro atoms. The maximum absolute atomic E-state index is 12.0. The lowest BCUT2D eigenvalue weighted by molar-refractivity contribution is -0.121. The van der Waals surface area contributed by atoms with E-state index in [-0.39, 0.29) is 12.5 Å². The highest BCUT2D eigenvalue weighted by Gasteiger charge is 2.04. The molecule has 178 valence electrons. The molecule has 0 atom stereocenters. The molecule has 3 aromatic rings. The van der Waals surface area contributed by atoms with Crippen molar-refractivity contribution in [3.63, 3.8) is 0 Å². The maximum Gasteiger partial charge on any atom is 0.407 e. The number of ether oxygens (including phenoxy) is 2. The van der Waals surface area contributed by atoms with Crippen LogP contribution in [0.5, 0.6) is 11.5 Å². The first-order valence-electron chi connectivity index (χ1n) is 11.7. The number of unbranched alkanes of at least 4 members (excludes halogenated alkanes) is 2. The fourth-order valence-electron chi connectivity index (χ4n) is 3.34. The molecule has 0 aliphatic carbocycles. The maximum atomic E-state index is 12.0. The Labute approximate surface area is 201 Å². The fourth-order valence-corrected chi connectivity index (χ4v) is 3.34. The van der Waals surface area contributed by atoms with Gasteiger partial charge in [-0.1, -0.05) is 67.1 Å². The Morgan fingerprint density at radius 1 is 0.647 bits per heavy atom. The van der Waals surface area contributed by atoms with Crippen LogP contribution in [0.15, 0.2) is 84.9 Å². The van der Waals surface area contributed by atoms with E-state index in [1.54, 1.807) is 0 Å². The normalized spacial score (nSPS) is 10.4. The van der Waals surface area contributed by atoms with Gasteiger partial charge in [-0.3, -0.25) is 4.79 Å². The largest absolute Gasteiger partial charge is 0.457 e. The van der Waals surface area contributed by atoms with E-state index in [0.717, 1.165) is 48.3 Å². The van der Waals surface area contributed by atoms with Gasteiger partial charge in [0.25, 0.3) is 0 Å². The van der Waals surface area contributed by atoms with Gasteiger partial charge in [0.15, 0.2) is 0 Å². The molecular weight excluding hydrogens is 428 g/mol. The van der Waals surface area contributed by atoms with Crippen molar-refractivity contribution in [1.29, 1.82) is 0 Å². The molecule has 0 radical (unpaired) electrons. The topological polar surface area (TPSA) is 76.7 Å². The van der Waals surface area contributed by atoms with E-state index < -0.39 is 6.09 Å².